The fourth-order valence-electron chi connectivity index (χ4n) is 0.870. The van der Waals surface area contributed by atoms with Gasteiger partial charge in [0.15, 0.2) is 0 Å². The highest BCUT2D eigenvalue weighted by Crippen LogP contribution is 2.25. The van der Waals surface area contributed by atoms with Gasteiger partial charge in [0.1, 0.15) is 5.78 Å². The summed E-state index contributed by atoms with van der Waals surface area (Å²) in [5, 5.41) is 0. The van der Waals surface area contributed by atoms with Crippen molar-refractivity contribution in [2.75, 3.05) is 0 Å². The molecule has 72 valence electrons. The third-order valence-corrected chi connectivity index (χ3v) is 3.42. The normalized spacial score (nSPS) is 11.7. The summed E-state index contributed by atoms with van der Waals surface area (Å²) in [5.41, 5.74) is -0.226. The number of carbonyl (C=O) groups excluding carboxylic acids is 1. The Kier molecular flexibility index (Phi) is 3.30. The molecule has 13 heavy (non-hydrogen) atoms. The molecule has 0 saturated heterocycles. The molecule has 0 saturated carbocycles. The van der Waals surface area contributed by atoms with Crippen molar-refractivity contribution in [2.24, 2.45) is 5.41 Å². The van der Waals surface area contributed by atoms with Crippen LogP contribution in [0.15, 0.2) is 15.9 Å². The first-order valence-corrected chi connectivity index (χ1v) is 5.78. The maximum absolute atomic E-state index is 11.6. The van der Waals surface area contributed by atoms with E-state index in [9.17, 15) is 4.79 Å². The minimum atomic E-state index is -0.226. The lowest BCUT2D eigenvalue weighted by molar-refractivity contribution is -0.125. The Morgan fingerprint density at radius 1 is 1.46 bits per heavy atom. The van der Waals surface area contributed by atoms with E-state index in [1.54, 1.807) is 11.3 Å². The number of hydrogen-bond acceptors (Lipinski definition) is 2. The van der Waals surface area contributed by atoms with E-state index in [1.165, 1.54) is 0 Å². The van der Waals surface area contributed by atoms with Crippen molar-refractivity contribution in [1.82, 2.24) is 0 Å². The first kappa shape index (κ1) is 10.9. The second-order valence-electron chi connectivity index (χ2n) is 4.06. The quantitative estimate of drug-likeness (QED) is 0.793. The lowest BCUT2D eigenvalue weighted by atomic mass is 9.89. The molecule has 0 radical (unpaired) electrons. The van der Waals surface area contributed by atoms with Crippen molar-refractivity contribution < 1.29 is 4.79 Å². The van der Waals surface area contributed by atoms with E-state index in [1.807, 2.05) is 32.9 Å². The zero-order valence-electron chi connectivity index (χ0n) is 8.06. The van der Waals surface area contributed by atoms with Gasteiger partial charge in [0.25, 0.3) is 0 Å². The molecule has 0 amide bonds. The molecule has 0 aliphatic heterocycles. The van der Waals surface area contributed by atoms with Gasteiger partial charge in [-0.3, -0.25) is 4.79 Å². The molecule has 0 fully saturated rings. The van der Waals surface area contributed by atoms with Crippen molar-refractivity contribution in [3.05, 3.63) is 20.8 Å². The molecule has 1 aromatic rings. The van der Waals surface area contributed by atoms with Crippen molar-refractivity contribution in [2.45, 2.75) is 27.2 Å². The van der Waals surface area contributed by atoms with E-state index in [-0.39, 0.29) is 5.41 Å². The molecule has 1 rings (SSSR count). The van der Waals surface area contributed by atoms with Gasteiger partial charge < -0.3 is 0 Å². The topological polar surface area (TPSA) is 17.1 Å². The summed E-state index contributed by atoms with van der Waals surface area (Å²) in [6, 6.07) is 3.98. The van der Waals surface area contributed by atoms with Gasteiger partial charge in [-0.1, -0.05) is 20.8 Å². The molecule has 0 unspecified atom stereocenters. The van der Waals surface area contributed by atoms with Crippen LogP contribution in [0.1, 0.15) is 25.6 Å². The Balaban J connectivity index is 2.65. The highest BCUT2D eigenvalue weighted by molar-refractivity contribution is 9.11. The standard InChI is InChI=1S/C10H13BrOS/c1-10(2,3)8(12)6-7-4-5-9(11)13-7/h4-5H,6H2,1-3H3. The minimum absolute atomic E-state index is 0.226. The predicted molar refractivity (Wildman–Crippen MR) is 60.2 cm³/mol. The fraction of sp³-hybridized carbons (Fsp3) is 0.500. The van der Waals surface area contributed by atoms with E-state index in [0.717, 1.165) is 8.66 Å². The van der Waals surface area contributed by atoms with Gasteiger partial charge >= 0.3 is 0 Å². The van der Waals surface area contributed by atoms with E-state index in [2.05, 4.69) is 15.9 Å². The molecule has 0 aliphatic carbocycles. The first-order chi connectivity index (χ1) is 5.89. The van der Waals surface area contributed by atoms with Gasteiger partial charge in [-0.05, 0) is 28.1 Å². The van der Waals surface area contributed by atoms with Crippen LogP contribution in [-0.4, -0.2) is 5.78 Å². The SMILES string of the molecule is CC(C)(C)C(=O)Cc1ccc(Br)s1. The summed E-state index contributed by atoms with van der Waals surface area (Å²) >= 11 is 5.01. The molecule has 0 atom stereocenters. The smallest absolute Gasteiger partial charge is 0.143 e. The van der Waals surface area contributed by atoms with Crippen molar-refractivity contribution in [1.29, 1.82) is 0 Å². The number of halogens is 1. The maximum atomic E-state index is 11.6. The molecule has 1 nitrogen and oxygen atoms in total. The molecule has 1 heterocycles. The number of carbonyl (C=O) groups is 1. The lowest BCUT2D eigenvalue weighted by Crippen LogP contribution is -2.21. The van der Waals surface area contributed by atoms with E-state index in [0.29, 0.717) is 12.2 Å². The number of Topliss-reactive ketones (excluding diaryl/α,β-unsaturated/α-hetero) is 1. The summed E-state index contributed by atoms with van der Waals surface area (Å²) in [7, 11) is 0. The Hall–Kier alpha value is -0.150. The zero-order chi connectivity index (χ0) is 10.1. The maximum Gasteiger partial charge on any atom is 0.143 e. The van der Waals surface area contributed by atoms with Crippen LogP contribution in [0.5, 0.6) is 0 Å². The molecule has 0 N–H and O–H groups in total. The highest BCUT2D eigenvalue weighted by atomic mass is 79.9. The molecule has 3 heteroatoms. The zero-order valence-corrected chi connectivity index (χ0v) is 10.5. The molecular weight excluding hydrogens is 248 g/mol. The van der Waals surface area contributed by atoms with Crippen molar-refractivity contribution in [3.8, 4) is 0 Å². The second-order valence-corrected chi connectivity index (χ2v) is 6.60. The Morgan fingerprint density at radius 3 is 2.46 bits per heavy atom. The van der Waals surface area contributed by atoms with E-state index < -0.39 is 0 Å². The number of hydrogen-bond donors (Lipinski definition) is 0. The third-order valence-electron chi connectivity index (χ3n) is 1.80. The number of rotatable bonds is 2. The second kappa shape index (κ2) is 3.93. The molecule has 0 spiro atoms. The van der Waals surface area contributed by atoms with Gasteiger partial charge in [-0.15, -0.1) is 11.3 Å². The summed E-state index contributed by atoms with van der Waals surface area (Å²) < 4.78 is 1.09. The molecular formula is C10H13BrOS. The third kappa shape index (κ3) is 3.24. The fourth-order valence-corrected chi connectivity index (χ4v) is 2.35. The molecule has 0 aliphatic rings. The summed E-state index contributed by atoms with van der Waals surface area (Å²) in [5.74, 6) is 0.293. The number of ketones is 1. The van der Waals surface area contributed by atoms with Crippen LogP contribution in [0.2, 0.25) is 0 Å². The summed E-state index contributed by atoms with van der Waals surface area (Å²) in [6.07, 6.45) is 0.555. The van der Waals surface area contributed by atoms with Crippen LogP contribution >= 0.6 is 27.3 Å². The molecule has 0 bridgehead atoms. The first-order valence-electron chi connectivity index (χ1n) is 4.17. The molecule has 1 aromatic heterocycles. The van der Waals surface area contributed by atoms with Crippen molar-refractivity contribution >= 4 is 33.0 Å². The van der Waals surface area contributed by atoms with Crippen LogP contribution in [0.3, 0.4) is 0 Å². The minimum Gasteiger partial charge on any atom is -0.299 e. The van der Waals surface area contributed by atoms with Gasteiger partial charge in [-0.25, -0.2) is 0 Å². The average Bonchev–Trinajstić information content (AvgIpc) is 2.33. The Morgan fingerprint density at radius 2 is 2.08 bits per heavy atom. The van der Waals surface area contributed by atoms with Crippen LogP contribution in [0.4, 0.5) is 0 Å². The average molecular weight is 261 g/mol. The Labute approximate surface area is 91.3 Å². The van der Waals surface area contributed by atoms with Gasteiger partial charge in [0.05, 0.1) is 3.79 Å². The van der Waals surface area contributed by atoms with Crippen LogP contribution in [-0.2, 0) is 11.2 Å². The van der Waals surface area contributed by atoms with Gasteiger partial charge in [0.2, 0.25) is 0 Å². The van der Waals surface area contributed by atoms with Crippen LogP contribution in [0, 0.1) is 5.41 Å². The van der Waals surface area contributed by atoms with Gasteiger partial charge in [-0.2, -0.15) is 0 Å². The largest absolute Gasteiger partial charge is 0.299 e. The summed E-state index contributed by atoms with van der Waals surface area (Å²) in [6.45, 7) is 5.87. The van der Waals surface area contributed by atoms with E-state index >= 15 is 0 Å². The monoisotopic (exact) mass is 260 g/mol. The van der Waals surface area contributed by atoms with Crippen LogP contribution in [0.25, 0.3) is 0 Å². The van der Waals surface area contributed by atoms with Crippen molar-refractivity contribution in [3.63, 3.8) is 0 Å². The summed E-state index contributed by atoms with van der Waals surface area (Å²) in [4.78, 5) is 12.8. The molecule has 0 aromatic carbocycles. The van der Waals surface area contributed by atoms with Gasteiger partial charge in [0, 0.05) is 16.7 Å². The van der Waals surface area contributed by atoms with Crippen LogP contribution < -0.4 is 0 Å². The number of thiophene rings is 1. The lowest BCUT2D eigenvalue weighted by Gasteiger charge is -2.15. The Bertz CT molecular complexity index is 309. The highest BCUT2D eigenvalue weighted by Gasteiger charge is 2.21. The van der Waals surface area contributed by atoms with E-state index in [4.69, 9.17) is 0 Å². The predicted octanol–water partition coefficient (Wildman–Crippen LogP) is 3.67.